The van der Waals surface area contributed by atoms with E-state index in [-0.39, 0.29) is 5.91 Å². The maximum Gasteiger partial charge on any atom is 0.270 e. The molecule has 3 aromatic rings. The average Bonchev–Trinajstić information content (AvgIpc) is 3.18. The lowest BCUT2D eigenvalue weighted by Gasteiger charge is -2.36. The highest BCUT2D eigenvalue weighted by atomic mass is 79.9. The molecule has 26 heavy (non-hydrogen) atoms. The molecule has 0 bridgehead atoms. The van der Waals surface area contributed by atoms with Crippen molar-refractivity contribution in [2.75, 3.05) is 38.2 Å². The third kappa shape index (κ3) is 2.96. The number of hydrogen-bond donors (Lipinski definition) is 0. The molecule has 1 fully saturated rings. The van der Waals surface area contributed by atoms with Crippen molar-refractivity contribution in [1.29, 1.82) is 0 Å². The van der Waals surface area contributed by atoms with E-state index < -0.39 is 0 Å². The van der Waals surface area contributed by atoms with Crippen molar-refractivity contribution in [3.05, 3.63) is 46.8 Å². The van der Waals surface area contributed by atoms with E-state index >= 15 is 0 Å². The number of benzene rings is 1. The van der Waals surface area contributed by atoms with Crippen LogP contribution in [-0.2, 0) is 7.05 Å². The summed E-state index contributed by atoms with van der Waals surface area (Å²) in [5.41, 5.74) is 3.44. The van der Waals surface area contributed by atoms with Crippen LogP contribution in [0.5, 0.6) is 5.75 Å². The topological polar surface area (TPSA) is 50.9 Å². The molecule has 7 heteroatoms. The Kier molecular flexibility index (Phi) is 4.40. The molecular formula is C19H20BrN3O3. The molecule has 1 aliphatic rings. The van der Waals surface area contributed by atoms with Crippen LogP contribution in [0.2, 0.25) is 0 Å². The first-order chi connectivity index (χ1) is 12.6. The molecule has 0 atom stereocenters. The van der Waals surface area contributed by atoms with Crippen molar-refractivity contribution >= 4 is 38.6 Å². The van der Waals surface area contributed by atoms with Crippen LogP contribution >= 0.6 is 15.9 Å². The highest BCUT2D eigenvalue weighted by Crippen LogP contribution is 2.27. The number of carbonyl (C=O) groups is 1. The van der Waals surface area contributed by atoms with Gasteiger partial charge >= 0.3 is 0 Å². The van der Waals surface area contributed by atoms with Gasteiger partial charge in [-0.1, -0.05) is 0 Å². The Labute approximate surface area is 160 Å². The summed E-state index contributed by atoms with van der Waals surface area (Å²) in [7, 11) is 3.56. The molecule has 4 rings (SSSR count). The molecule has 136 valence electrons. The van der Waals surface area contributed by atoms with Crippen LogP contribution < -0.4 is 9.64 Å². The van der Waals surface area contributed by atoms with Gasteiger partial charge in [-0.2, -0.15) is 0 Å². The zero-order valence-electron chi connectivity index (χ0n) is 14.7. The number of amides is 1. The Morgan fingerprint density at radius 2 is 1.81 bits per heavy atom. The second-order valence-corrected chi connectivity index (χ2v) is 7.15. The van der Waals surface area contributed by atoms with E-state index in [0.29, 0.717) is 23.5 Å². The number of anilines is 1. The summed E-state index contributed by atoms with van der Waals surface area (Å²) >= 11 is 3.33. The molecule has 1 amide bonds. The summed E-state index contributed by atoms with van der Waals surface area (Å²) in [6.07, 6.45) is 0. The molecule has 0 unspecified atom stereocenters. The van der Waals surface area contributed by atoms with E-state index in [4.69, 9.17) is 9.15 Å². The zero-order valence-corrected chi connectivity index (χ0v) is 16.3. The van der Waals surface area contributed by atoms with Crippen LogP contribution in [0.1, 0.15) is 10.5 Å². The molecule has 0 spiro atoms. The Morgan fingerprint density at radius 1 is 1.12 bits per heavy atom. The fourth-order valence-electron chi connectivity index (χ4n) is 3.41. The van der Waals surface area contributed by atoms with Gasteiger partial charge in [-0.05, 0) is 40.2 Å². The lowest BCUT2D eigenvalue weighted by molar-refractivity contribution is 0.0737. The maximum absolute atomic E-state index is 12.9. The lowest BCUT2D eigenvalue weighted by Crippen LogP contribution is -2.49. The number of aryl methyl sites for hydroxylation is 1. The molecule has 0 saturated carbocycles. The first-order valence-corrected chi connectivity index (χ1v) is 9.29. The van der Waals surface area contributed by atoms with E-state index in [1.54, 1.807) is 7.11 Å². The Morgan fingerprint density at radius 3 is 2.42 bits per heavy atom. The number of furan rings is 1. The number of rotatable bonds is 3. The van der Waals surface area contributed by atoms with E-state index in [1.165, 1.54) is 0 Å². The number of halogens is 1. The summed E-state index contributed by atoms with van der Waals surface area (Å²) in [5, 5.41) is 0. The van der Waals surface area contributed by atoms with Crippen LogP contribution in [-0.4, -0.2) is 48.7 Å². The molecule has 1 saturated heterocycles. The monoisotopic (exact) mass is 417 g/mol. The van der Waals surface area contributed by atoms with Crippen molar-refractivity contribution in [2.24, 2.45) is 7.05 Å². The summed E-state index contributed by atoms with van der Waals surface area (Å²) < 4.78 is 13.3. The van der Waals surface area contributed by atoms with Crippen LogP contribution in [0.4, 0.5) is 5.69 Å². The molecular weight excluding hydrogens is 398 g/mol. The van der Waals surface area contributed by atoms with Gasteiger partial charge in [0.05, 0.1) is 12.6 Å². The zero-order chi connectivity index (χ0) is 18.3. The molecule has 0 aliphatic carbocycles. The van der Waals surface area contributed by atoms with Gasteiger partial charge in [-0.15, -0.1) is 0 Å². The van der Waals surface area contributed by atoms with Crippen molar-refractivity contribution in [3.8, 4) is 5.75 Å². The normalized spacial score (nSPS) is 14.9. The second-order valence-electron chi connectivity index (χ2n) is 6.37. The molecule has 1 aliphatic heterocycles. The highest BCUT2D eigenvalue weighted by Gasteiger charge is 2.25. The Hall–Kier alpha value is -2.41. The Balaban J connectivity index is 1.45. The molecule has 0 radical (unpaired) electrons. The average molecular weight is 418 g/mol. The third-order valence-electron chi connectivity index (χ3n) is 4.92. The molecule has 2 aromatic heterocycles. The van der Waals surface area contributed by atoms with Gasteiger partial charge in [0.15, 0.2) is 10.3 Å². The largest absolute Gasteiger partial charge is 0.497 e. The third-order valence-corrected chi connectivity index (χ3v) is 5.31. The van der Waals surface area contributed by atoms with Gasteiger partial charge in [0.25, 0.3) is 5.91 Å². The van der Waals surface area contributed by atoms with Crippen LogP contribution in [0.15, 0.2) is 45.5 Å². The van der Waals surface area contributed by atoms with E-state index in [9.17, 15) is 4.79 Å². The fourth-order valence-corrected chi connectivity index (χ4v) is 3.80. The molecule has 3 heterocycles. The number of aromatic nitrogens is 1. The Bertz CT molecular complexity index is 937. The highest BCUT2D eigenvalue weighted by molar-refractivity contribution is 9.10. The summed E-state index contributed by atoms with van der Waals surface area (Å²) in [6.45, 7) is 3.01. The van der Waals surface area contributed by atoms with Crippen molar-refractivity contribution in [2.45, 2.75) is 0 Å². The number of carbonyl (C=O) groups excluding carboxylic acids is 1. The number of fused-ring (bicyclic) bond motifs is 1. The SMILES string of the molecule is COc1ccc(N2CCN(C(=O)c3cc4oc(Br)cc4n3C)CC2)cc1. The first-order valence-electron chi connectivity index (χ1n) is 8.50. The van der Waals surface area contributed by atoms with Crippen LogP contribution in [0.25, 0.3) is 11.1 Å². The standard InChI is InChI=1S/C19H20BrN3O3/c1-21-15-12-18(20)26-17(15)11-16(21)19(24)23-9-7-22(8-10-23)13-3-5-14(25-2)6-4-13/h3-6,11-12H,7-10H2,1-2H3. The second kappa shape index (κ2) is 6.72. The minimum absolute atomic E-state index is 0.0457. The van der Waals surface area contributed by atoms with Gasteiger partial charge in [-0.25, -0.2) is 0 Å². The van der Waals surface area contributed by atoms with E-state index in [1.807, 2.05) is 40.8 Å². The minimum Gasteiger partial charge on any atom is -0.497 e. The van der Waals surface area contributed by atoms with Crippen molar-refractivity contribution in [3.63, 3.8) is 0 Å². The van der Waals surface area contributed by atoms with Crippen molar-refractivity contribution in [1.82, 2.24) is 9.47 Å². The van der Waals surface area contributed by atoms with Gasteiger partial charge < -0.3 is 23.5 Å². The van der Waals surface area contributed by atoms with Gasteiger partial charge in [0, 0.05) is 51.0 Å². The van der Waals surface area contributed by atoms with Gasteiger partial charge in [0.2, 0.25) is 0 Å². The molecule has 0 N–H and O–H groups in total. The van der Waals surface area contributed by atoms with E-state index in [0.717, 1.165) is 35.6 Å². The quantitative estimate of drug-likeness (QED) is 0.654. The summed E-state index contributed by atoms with van der Waals surface area (Å²) in [5.74, 6) is 0.895. The smallest absolute Gasteiger partial charge is 0.270 e. The number of methoxy groups -OCH3 is 1. The maximum atomic E-state index is 12.9. The predicted octanol–water partition coefficient (Wildman–Crippen LogP) is 3.50. The lowest BCUT2D eigenvalue weighted by atomic mass is 10.2. The van der Waals surface area contributed by atoms with E-state index in [2.05, 4.69) is 33.0 Å². The van der Waals surface area contributed by atoms with Crippen LogP contribution in [0, 0.1) is 0 Å². The molecule has 6 nitrogen and oxygen atoms in total. The number of nitrogens with zero attached hydrogens (tertiary/aromatic N) is 3. The van der Waals surface area contributed by atoms with Crippen molar-refractivity contribution < 1.29 is 13.9 Å². The van der Waals surface area contributed by atoms with Gasteiger partial charge in [0.1, 0.15) is 11.4 Å². The number of piperazine rings is 1. The molecule has 1 aromatic carbocycles. The number of ether oxygens (including phenoxy) is 1. The van der Waals surface area contributed by atoms with Crippen LogP contribution in [0.3, 0.4) is 0 Å². The van der Waals surface area contributed by atoms with Gasteiger partial charge in [-0.3, -0.25) is 4.79 Å². The summed E-state index contributed by atoms with van der Waals surface area (Å²) in [4.78, 5) is 17.1. The predicted molar refractivity (Wildman–Crippen MR) is 104 cm³/mol. The minimum atomic E-state index is 0.0457. The first kappa shape index (κ1) is 17.0. The fraction of sp³-hybridized carbons (Fsp3) is 0.316. The number of hydrogen-bond acceptors (Lipinski definition) is 4. The summed E-state index contributed by atoms with van der Waals surface area (Å²) in [6, 6.07) is 11.7.